The van der Waals surface area contributed by atoms with Crippen LogP contribution in [0.4, 0.5) is 0 Å². The van der Waals surface area contributed by atoms with Crippen LogP contribution in [0.15, 0.2) is 36.4 Å². The van der Waals surface area contributed by atoms with Crippen molar-refractivity contribution in [2.75, 3.05) is 20.1 Å². The highest BCUT2D eigenvalue weighted by Gasteiger charge is 2.34. The van der Waals surface area contributed by atoms with Gasteiger partial charge in [-0.1, -0.05) is 12.1 Å². The molecule has 28 heavy (non-hydrogen) atoms. The van der Waals surface area contributed by atoms with Crippen LogP contribution in [0.5, 0.6) is 23.0 Å². The summed E-state index contributed by atoms with van der Waals surface area (Å²) < 4.78 is 22.4. The molecule has 0 saturated heterocycles. The van der Waals surface area contributed by atoms with Crippen molar-refractivity contribution < 1.29 is 18.9 Å². The maximum absolute atomic E-state index is 5.65. The highest BCUT2D eigenvalue weighted by atomic mass is 16.7. The summed E-state index contributed by atoms with van der Waals surface area (Å²) in [6.45, 7) is 2.68. The second-order valence-corrected chi connectivity index (χ2v) is 7.97. The fraction of sp³-hybridized carbons (Fsp3) is 0.304. The Morgan fingerprint density at radius 2 is 1.54 bits per heavy atom. The monoisotopic (exact) mass is 373 g/mol. The molecule has 3 aromatic rings. The summed E-state index contributed by atoms with van der Waals surface area (Å²) in [4.78, 5) is 2.61. The van der Waals surface area contributed by atoms with Gasteiger partial charge < -0.3 is 18.9 Å². The van der Waals surface area contributed by atoms with E-state index < -0.39 is 0 Å². The first-order valence-electron chi connectivity index (χ1n) is 9.84. The Balaban J connectivity index is 1.35. The standard InChI is InChI=1S/C23H19NO4/c1-2-14-6-20-22(27-11-25-20)8-16(14)18-10-24-4-3-15-7-21-23(28-12-26-21)9-17(15)19(24)5-13(1)18/h1-2,6-9,19H,3-5,10-12H2/t19-/m1/s1. The summed E-state index contributed by atoms with van der Waals surface area (Å²) in [6, 6.07) is 13.6. The molecule has 7 rings (SSSR count). The summed E-state index contributed by atoms with van der Waals surface area (Å²) in [5.41, 5.74) is 5.65. The highest BCUT2D eigenvalue weighted by molar-refractivity contribution is 5.90. The van der Waals surface area contributed by atoms with Gasteiger partial charge in [0.25, 0.3) is 0 Å². The summed E-state index contributed by atoms with van der Waals surface area (Å²) in [6.07, 6.45) is 2.07. The van der Waals surface area contributed by atoms with Gasteiger partial charge >= 0.3 is 0 Å². The van der Waals surface area contributed by atoms with Crippen LogP contribution in [0.2, 0.25) is 0 Å². The van der Waals surface area contributed by atoms with E-state index in [4.69, 9.17) is 18.9 Å². The zero-order chi connectivity index (χ0) is 18.2. The van der Waals surface area contributed by atoms with Crippen molar-refractivity contribution in [3.63, 3.8) is 0 Å². The molecule has 0 unspecified atom stereocenters. The van der Waals surface area contributed by atoms with Crippen molar-refractivity contribution in [1.29, 1.82) is 0 Å². The van der Waals surface area contributed by atoms with Crippen LogP contribution in [-0.2, 0) is 19.4 Å². The fourth-order valence-electron chi connectivity index (χ4n) is 5.18. The predicted octanol–water partition coefficient (Wildman–Crippen LogP) is 3.95. The Morgan fingerprint density at radius 3 is 2.39 bits per heavy atom. The Labute approximate surface area is 162 Å². The van der Waals surface area contributed by atoms with E-state index in [1.54, 1.807) is 0 Å². The van der Waals surface area contributed by atoms with Crippen molar-refractivity contribution in [2.45, 2.75) is 25.4 Å². The quantitative estimate of drug-likeness (QED) is 0.597. The SMILES string of the molecule is c1cc2cc3c(cc2c2c1C[C@@H]1c4cc5c(cc4CCN1C2)OCO5)OCO3. The van der Waals surface area contributed by atoms with E-state index in [1.165, 1.54) is 33.0 Å². The fourth-order valence-corrected chi connectivity index (χ4v) is 5.18. The molecule has 0 radical (unpaired) electrons. The lowest BCUT2D eigenvalue weighted by molar-refractivity contribution is 0.161. The van der Waals surface area contributed by atoms with Crippen molar-refractivity contribution in [3.8, 4) is 23.0 Å². The van der Waals surface area contributed by atoms with Crippen LogP contribution in [0.3, 0.4) is 0 Å². The van der Waals surface area contributed by atoms with Gasteiger partial charge in [0.15, 0.2) is 23.0 Å². The van der Waals surface area contributed by atoms with Crippen LogP contribution in [0.1, 0.15) is 28.3 Å². The third-order valence-corrected chi connectivity index (χ3v) is 6.60. The Kier molecular flexibility index (Phi) is 2.86. The number of ether oxygens (including phenoxy) is 4. The Bertz CT molecular complexity index is 1160. The van der Waals surface area contributed by atoms with Gasteiger partial charge in [-0.05, 0) is 70.1 Å². The first kappa shape index (κ1) is 15.1. The minimum Gasteiger partial charge on any atom is -0.454 e. The molecule has 0 saturated carbocycles. The van der Waals surface area contributed by atoms with Gasteiger partial charge in [-0.15, -0.1) is 0 Å². The zero-order valence-corrected chi connectivity index (χ0v) is 15.4. The van der Waals surface area contributed by atoms with E-state index >= 15 is 0 Å². The zero-order valence-electron chi connectivity index (χ0n) is 15.4. The van der Waals surface area contributed by atoms with Gasteiger partial charge in [0.2, 0.25) is 13.6 Å². The molecule has 5 heteroatoms. The lowest BCUT2D eigenvalue weighted by Crippen LogP contribution is -2.39. The van der Waals surface area contributed by atoms with E-state index in [9.17, 15) is 0 Å². The average molecular weight is 373 g/mol. The van der Waals surface area contributed by atoms with Crippen molar-refractivity contribution in [3.05, 3.63) is 58.7 Å². The molecule has 3 aromatic carbocycles. The molecule has 5 nitrogen and oxygen atoms in total. The molecule has 0 bridgehead atoms. The van der Waals surface area contributed by atoms with E-state index in [2.05, 4.69) is 41.3 Å². The number of hydrogen-bond acceptors (Lipinski definition) is 5. The molecule has 140 valence electrons. The second kappa shape index (κ2) is 5.32. The number of hydrogen-bond donors (Lipinski definition) is 0. The molecule has 0 aromatic heterocycles. The normalized spacial score (nSPS) is 21.4. The van der Waals surface area contributed by atoms with Crippen LogP contribution < -0.4 is 18.9 Å². The van der Waals surface area contributed by atoms with Crippen LogP contribution in [0, 0.1) is 0 Å². The topological polar surface area (TPSA) is 40.2 Å². The molecular weight excluding hydrogens is 354 g/mol. The minimum absolute atomic E-state index is 0.314. The van der Waals surface area contributed by atoms with E-state index in [0.717, 1.165) is 48.9 Å². The molecule has 4 aliphatic rings. The van der Waals surface area contributed by atoms with Gasteiger partial charge in [0.05, 0.1) is 0 Å². The van der Waals surface area contributed by atoms with Gasteiger partial charge in [0, 0.05) is 19.1 Å². The van der Waals surface area contributed by atoms with E-state index in [0.29, 0.717) is 19.6 Å². The number of benzene rings is 3. The summed E-state index contributed by atoms with van der Waals surface area (Å²) in [7, 11) is 0. The van der Waals surface area contributed by atoms with Crippen molar-refractivity contribution in [2.24, 2.45) is 0 Å². The molecular formula is C23H19NO4. The van der Waals surface area contributed by atoms with Crippen molar-refractivity contribution in [1.82, 2.24) is 4.90 Å². The third-order valence-electron chi connectivity index (χ3n) is 6.60. The maximum atomic E-state index is 5.65. The molecule has 4 aliphatic heterocycles. The van der Waals surface area contributed by atoms with Gasteiger partial charge in [0.1, 0.15) is 0 Å². The Morgan fingerprint density at radius 1 is 0.786 bits per heavy atom. The molecule has 0 aliphatic carbocycles. The molecule has 1 atom stereocenters. The molecule has 0 spiro atoms. The third kappa shape index (κ3) is 2.00. The van der Waals surface area contributed by atoms with Gasteiger partial charge in [-0.3, -0.25) is 4.90 Å². The molecule has 0 fully saturated rings. The largest absolute Gasteiger partial charge is 0.454 e. The lowest BCUT2D eigenvalue weighted by atomic mass is 9.82. The maximum Gasteiger partial charge on any atom is 0.231 e. The minimum atomic E-state index is 0.314. The number of fused-ring (bicyclic) bond motifs is 8. The number of nitrogens with zero attached hydrogens (tertiary/aromatic N) is 1. The lowest BCUT2D eigenvalue weighted by Gasteiger charge is -2.41. The average Bonchev–Trinajstić information content (AvgIpc) is 3.37. The van der Waals surface area contributed by atoms with Crippen LogP contribution in [0.25, 0.3) is 10.8 Å². The highest BCUT2D eigenvalue weighted by Crippen LogP contribution is 2.46. The predicted molar refractivity (Wildman–Crippen MR) is 103 cm³/mol. The molecule has 4 heterocycles. The van der Waals surface area contributed by atoms with E-state index in [-0.39, 0.29) is 0 Å². The first-order valence-corrected chi connectivity index (χ1v) is 9.84. The van der Waals surface area contributed by atoms with E-state index in [1.807, 2.05) is 0 Å². The van der Waals surface area contributed by atoms with Crippen molar-refractivity contribution >= 4 is 10.8 Å². The first-order chi connectivity index (χ1) is 13.8. The molecule has 0 N–H and O–H groups in total. The van der Waals surface area contributed by atoms with Gasteiger partial charge in [-0.2, -0.15) is 0 Å². The second-order valence-electron chi connectivity index (χ2n) is 7.97. The smallest absolute Gasteiger partial charge is 0.231 e. The van der Waals surface area contributed by atoms with Gasteiger partial charge in [-0.25, -0.2) is 0 Å². The summed E-state index contributed by atoms with van der Waals surface area (Å²) >= 11 is 0. The Hall–Kier alpha value is -2.92. The van der Waals surface area contributed by atoms with Crippen LogP contribution >= 0.6 is 0 Å². The van der Waals surface area contributed by atoms with Crippen LogP contribution in [-0.4, -0.2) is 25.0 Å². The molecule has 0 amide bonds. The summed E-state index contributed by atoms with van der Waals surface area (Å²) in [5.74, 6) is 3.49. The summed E-state index contributed by atoms with van der Waals surface area (Å²) in [5, 5.41) is 2.51. The number of rotatable bonds is 0.